The van der Waals surface area contributed by atoms with E-state index in [9.17, 15) is 10.2 Å². The maximum atomic E-state index is 10.4. The van der Waals surface area contributed by atoms with E-state index in [4.69, 9.17) is 28.4 Å². The molecular weight excluding hydrogens is 356 g/mol. The third kappa shape index (κ3) is 3.29. The number of hydrogen-bond acceptors (Lipinski definition) is 8. The van der Waals surface area contributed by atoms with E-state index in [-0.39, 0.29) is 24.0 Å². The molecule has 1 aliphatic heterocycles. The van der Waals surface area contributed by atoms with E-state index in [2.05, 4.69) is 0 Å². The molecule has 2 aromatic carbocycles. The SMILES string of the molecule is COc1ccc([C@H]2OCO[C@@H]2c2cc(OC)c(OC)c(OC)c2)c(O)c1O. The largest absolute Gasteiger partial charge is 0.504 e. The van der Waals surface area contributed by atoms with Crippen LogP contribution in [0.2, 0.25) is 0 Å². The van der Waals surface area contributed by atoms with Crippen LogP contribution in [0.25, 0.3) is 0 Å². The van der Waals surface area contributed by atoms with Gasteiger partial charge in [-0.05, 0) is 29.8 Å². The molecule has 0 bridgehead atoms. The van der Waals surface area contributed by atoms with E-state index in [0.29, 0.717) is 28.4 Å². The van der Waals surface area contributed by atoms with Gasteiger partial charge in [0.2, 0.25) is 11.5 Å². The molecule has 1 saturated heterocycles. The van der Waals surface area contributed by atoms with Gasteiger partial charge in [-0.2, -0.15) is 0 Å². The molecule has 0 spiro atoms. The highest BCUT2D eigenvalue weighted by Crippen LogP contribution is 2.50. The third-order valence-corrected chi connectivity index (χ3v) is 4.46. The molecule has 0 amide bonds. The summed E-state index contributed by atoms with van der Waals surface area (Å²) in [4.78, 5) is 0. The van der Waals surface area contributed by atoms with Crippen LogP contribution in [-0.4, -0.2) is 45.4 Å². The molecule has 0 saturated carbocycles. The van der Waals surface area contributed by atoms with Crippen LogP contribution in [0.15, 0.2) is 24.3 Å². The Morgan fingerprint density at radius 2 is 1.37 bits per heavy atom. The number of phenolic OH excluding ortho intramolecular Hbond substituents is 2. The van der Waals surface area contributed by atoms with Crippen LogP contribution in [0, 0.1) is 0 Å². The zero-order chi connectivity index (χ0) is 19.6. The molecular formula is C19H22O8. The highest BCUT2D eigenvalue weighted by Gasteiger charge is 2.36. The van der Waals surface area contributed by atoms with Gasteiger partial charge in [0, 0.05) is 5.56 Å². The van der Waals surface area contributed by atoms with Crippen LogP contribution in [0.4, 0.5) is 0 Å². The average molecular weight is 378 g/mol. The Balaban J connectivity index is 2.04. The average Bonchev–Trinajstić information content (AvgIpc) is 3.18. The fourth-order valence-corrected chi connectivity index (χ4v) is 3.12. The van der Waals surface area contributed by atoms with Crippen molar-refractivity contribution in [2.45, 2.75) is 12.2 Å². The highest BCUT2D eigenvalue weighted by atomic mass is 16.7. The van der Waals surface area contributed by atoms with Crippen molar-refractivity contribution in [1.29, 1.82) is 0 Å². The fraction of sp³-hybridized carbons (Fsp3) is 0.368. The van der Waals surface area contributed by atoms with Crippen molar-refractivity contribution in [2.24, 2.45) is 0 Å². The minimum Gasteiger partial charge on any atom is -0.504 e. The molecule has 0 radical (unpaired) electrons. The first-order valence-electron chi connectivity index (χ1n) is 8.17. The van der Waals surface area contributed by atoms with Gasteiger partial charge in [-0.3, -0.25) is 0 Å². The number of benzene rings is 2. The topological polar surface area (TPSA) is 95.8 Å². The molecule has 0 aromatic heterocycles. The lowest BCUT2D eigenvalue weighted by Gasteiger charge is -2.21. The molecule has 27 heavy (non-hydrogen) atoms. The monoisotopic (exact) mass is 378 g/mol. The van der Waals surface area contributed by atoms with E-state index < -0.39 is 12.2 Å². The van der Waals surface area contributed by atoms with Crippen molar-refractivity contribution in [3.05, 3.63) is 35.4 Å². The van der Waals surface area contributed by atoms with Gasteiger partial charge < -0.3 is 38.6 Å². The molecule has 1 aliphatic rings. The summed E-state index contributed by atoms with van der Waals surface area (Å²) >= 11 is 0. The molecule has 1 fully saturated rings. The summed E-state index contributed by atoms with van der Waals surface area (Å²) in [6.07, 6.45) is -1.21. The summed E-state index contributed by atoms with van der Waals surface area (Å²) in [6.45, 7) is 0.0260. The van der Waals surface area contributed by atoms with E-state index >= 15 is 0 Å². The standard InChI is InChI=1S/C19H22O8/c1-22-12-6-5-11(15(20)16(12)21)18-17(26-9-27-18)10-7-13(23-2)19(25-4)14(8-10)24-3/h5-8,17-18,20-21H,9H2,1-4H3/t17-,18-/m1/s1. The predicted octanol–water partition coefficient (Wildman–Crippen LogP) is 2.92. The molecule has 2 aromatic rings. The van der Waals surface area contributed by atoms with Gasteiger partial charge in [0.05, 0.1) is 28.4 Å². The Kier molecular flexibility index (Phi) is 5.48. The van der Waals surface area contributed by atoms with Gasteiger partial charge in [-0.15, -0.1) is 0 Å². The number of aromatic hydroxyl groups is 2. The van der Waals surface area contributed by atoms with Crippen LogP contribution in [0.1, 0.15) is 23.3 Å². The molecule has 2 atom stereocenters. The number of hydrogen-bond donors (Lipinski definition) is 2. The minimum absolute atomic E-state index is 0.0260. The van der Waals surface area contributed by atoms with E-state index in [0.717, 1.165) is 0 Å². The van der Waals surface area contributed by atoms with Crippen molar-refractivity contribution >= 4 is 0 Å². The molecule has 146 valence electrons. The van der Waals surface area contributed by atoms with Crippen molar-refractivity contribution < 1.29 is 38.6 Å². The van der Waals surface area contributed by atoms with Crippen LogP contribution in [0.5, 0.6) is 34.5 Å². The van der Waals surface area contributed by atoms with Gasteiger partial charge in [0.15, 0.2) is 23.0 Å². The first-order chi connectivity index (χ1) is 13.0. The van der Waals surface area contributed by atoms with E-state index in [1.165, 1.54) is 28.4 Å². The van der Waals surface area contributed by atoms with Crippen LogP contribution >= 0.6 is 0 Å². The molecule has 3 rings (SSSR count). The van der Waals surface area contributed by atoms with Crippen molar-refractivity contribution in [1.82, 2.24) is 0 Å². The van der Waals surface area contributed by atoms with E-state index in [1.807, 2.05) is 0 Å². The molecule has 2 N–H and O–H groups in total. The summed E-state index contributed by atoms with van der Waals surface area (Å²) in [6, 6.07) is 6.69. The summed E-state index contributed by atoms with van der Waals surface area (Å²) in [5.41, 5.74) is 1.09. The first-order valence-corrected chi connectivity index (χ1v) is 8.17. The van der Waals surface area contributed by atoms with Gasteiger partial charge in [0.25, 0.3) is 0 Å². The molecule has 0 aliphatic carbocycles. The number of methoxy groups -OCH3 is 4. The molecule has 8 heteroatoms. The Morgan fingerprint density at radius 1 is 0.778 bits per heavy atom. The summed E-state index contributed by atoms with van der Waals surface area (Å²) < 4.78 is 32.5. The third-order valence-electron chi connectivity index (χ3n) is 4.46. The Bertz CT molecular complexity index is 795. The van der Waals surface area contributed by atoms with Gasteiger partial charge in [-0.1, -0.05) is 0 Å². The van der Waals surface area contributed by atoms with Crippen LogP contribution in [0.3, 0.4) is 0 Å². The molecule has 1 heterocycles. The van der Waals surface area contributed by atoms with Gasteiger partial charge in [-0.25, -0.2) is 0 Å². The molecule has 8 nitrogen and oxygen atoms in total. The van der Waals surface area contributed by atoms with Crippen molar-refractivity contribution in [2.75, 3.05) is 35.2 Å². The van der Waals surface area contributed by atoms with Gasteiger partial charge in [0.1, 0.15) is 19.0 Å². The normalized spacial score (nSPS) is 19.0. The van der Waals surface area contributed by atoms with Crippen LogP contribution < -0.4 is 18.9 Å². The van der Waals surface area contributed by atoms with E-state index in [1.54, 1.807) is 24.3 Å². The predicted molar refractivity (Wildman–Crippen MR) is 94.9 cm³/mol. The summed E-state index contributed by atoms with van der Waals surface area (Å²) in [5.74, 6) is 0.908. The lowest BCUT2D eigenvalue weighted by Crippen LogP contribution is -2.09. The van der Waals surface area contributed by atoms with Gasteiger partial charge >= 0.3 is 0 Å². The Morgan fingerprint density at radius 3 is 1.93 bits per heavy atom. The minimum atomic E-state index is -0.649. The lowest BCUT2D eigenvalue weighted by atomic mass is 9.96. The Hall–Kier alpha value is -2.84. The second-order valence-electron chi connectivity index (χ2n) is 5.81. The summed E-state index contributed by atoms with van der Waals surface area (Å²) in [7, 11) is 5.98. The Labute approximate surface area is 156 Å². The zero-order valence-corrected chi connectivity index (χ0v) is 15.5. The fourth-order valence-electron chi connectivity index (χ4n) is 3.12. The maximum Gasteiger partial charge on any atom is 0.203 e. The number of rotatable bonds is 6. The number of ether oxygens (including phenoxy) is 6. The quantitative estimate of drug-likeness (QED) is 0.741. The lowest BCUT2D eigenvalue weighted by molar-refractivity contribution is 0.0378. The maximum absolute atomic E-state index is 10.4. The molecule has 0 unspecified atom stereocenters. The zero-order valence-electron chi connectivity index (χ0n) is 15.5. The first kappa shape index (κ1) is 18.9. The van der Waals surface area contributed by atoms with Crippen LogP contribution in [-0.2, 0) is 9.47 Å². The van der Waals surface area contributed by atoms with Crippen molar-refractivity contribution in [3.63, 3.8) is 0 Å². The summed E-state index contributed by atoms with van der Waals surface area (Å²) in [5, 5.41) is 20.5. The highest BCUT2D eigenvalue weighted by molar-refractivity contribution is 5.57. The second-order valence-corrected chi connectivity index (χ2v) is 5.81. The second kappa shape index (κ2) is 7.81. The smallest absolute Gasteiger partial charge is 0.203 e. The van der Waals surface area contributed by atoms with Crippen molar-refractivity contribution in [3.8, 4) is 34.5 Å². The number of phenols is 2.